The van der Waals surface area contributed by atoms with E-state index < -0.39 is 35.2 Å². The van der Waals surface area contributed by atoms with E-state index in [4.69, 9.17) is 0 Å². The minimum absolute atomic E-state index is 0.0168. The molecule has 10 heteroatoms. The molecule has 0 radical (unpaired) electrons. The van der Waals surface area contributed by atoms with Crippen LogP contribution >= 0.6 is 0 Å². The molecule has 0 amide bonds. The minimum Gasteiger partial charge on any atom is -0.309 e. The summed E-state index contributed by atoms with van der Waals surface area (Å²) in [5.74, 6) is 0. The van der Waals surface area contributed by atoms with E-state index in [2.05, 4.69) is 0 Å². The van der Waals surface area contributed by atoms with E-state index in [1.807, 2.05) is 53.1 Å². The summed E-state index contributed by atoms with van der Waals surface area (Å²) in [6, 6.07) is 45.6. The highest BCUT2D eigenvalue weighted by Gasteiger charge is 2.35. The molecular weight excluding hydrogens is 822 g/mol. The normalized spacial score (nSPS) is 12.4. The van der Waals surface area contributed by atoms with Gasteiger partial charge in [0.1, 0.15) is 0 Å². The Morgan fingerprint density at radius 1 is 0.333 bits per heavy atom. The van der Waals surface area contributed by atoms with Gasteiger partial charge in [0.2, 0.25) is 0 Å². The highest BCUT2D eigenvalue weighted by Crippen LogP contribution is 2.46. The fraction of sp³-hybridized carbons (Fsp3) is 0.0943. The third-order valence-electron chi connectivity index (χ3n) is 11.3. The molecule has 0 saturated carbocycles. The number of nitrogens with zero attached hydrogens (tertiary/aromatic N) is 1. The lowest BCUT2D eigenvalue weighted by Crippen LogP contribution is -2.07. The first-order chi connectivity index (χ1) is 29.9. The molecule has 0 fully saturated rings. The lowest BCUT2D eigenvalue weighted by molar-refractivity contribution is -0.138. The van der Waals surface area contributed by atoms with Gasteiger partial charge in [0.15, 0.2) is 0 Å². The minimum atomic E-state index is -4.67. The molecule has 0 spiro atoms. The molecule has 0 N–H and O–H groups in total. The molecule has 0 aliphatic rings. The van der Waals surface area contributed by atoms with Gasteiger partial charge >= 0.3 is 18.5 Å². The molecule has 1 nitrogen and oxygen atoms in total. The van der Waals surface area contributed by atoms with Crippen LogP contribution in [0.1, 0.15) is 27.8 Å². The Labute approximate surface area is 356 Å². The zero-order valence-electron chi connectivity index (χ0n) is 33.5. The van der Waals surface area contributed by atoms with Gasteiger partial charge in [-0.3, -0.25) is 0 Å². The van der Waals surface area contributed by atoms with Gasteiger partial charge in [0, 0.05) is 16.3 Å². The van der Waals surface area contributed by atoms with Crippen molar-refractivity contribution in [3.63, 3.8) is 0 Å². The summed E-state index contributed by atoms with van der Waals surface area (Å²) in [7, 11) is 0. The Morgan fingerprint density at radius 2 is 0.810 bits per heavy atom. The van der Waals surface area contributed by atoms with Crippen LogP contribution in [0.4, 0.5) is 39.5 Å². The van der Waals surface area contributed by atoms with Crippen LogP contribution in [0.3, 0.4) is 0 Å². The molecular formula is C53H34F9N. The molecule has 314 valence electrons. The van der Waals surface area contributed by atoms with Crippen LogP contribution in [-0.4, -0.2) is 4.57 Å². The third kappa shape index (κ3) is 7.86. The second-order valence-corrected chi connectivity index (χ2v) is 15.7. The van der Waals surface area contributed by atoms with Gasteiger partial charge < -0.3 is 4.57 Å². The number of alkyl halides is 9. The molecule has 9 rings (SSSR count). The average molecular weight is 856 g/mol. The molecule has 9 aromatic rings. The van der Waals surface area contributed by atoms with E-state index in [9.17, 15) is 39.5 Å². The summed E-state index contributed by atoms with van der Waals surface area (Å²) < 4.78 is 130. The van der Waals surface area contributed by atoms with Crippen LogP contribution in [0, 0.1) is 13.8 Å². The van der Waals surface area contributed by atoms with Crippen LogP contribution in [-0.2, 0) is 18.5 Å². The number of hydrogen-bond donors (Lipinski definition) is 0. The number of rotatable bonds is 6. The second-order valence-electron chi connectivity index (χ2n) is 15.7. The monoisotopic (exact) mass is 855 g/mol. The first kappa shape index (κ1) is 41.3. The van der Waals surface area contributed by atoms with Gasteiger partial charge in [0.25, 0.3) is 0 Å². The van der Waals surface area contributed by atoms with E-state index in [0.29, 0.717) is 83.1 Å². The zero-order valence-corrected chi connectivity index (χ0v) is 33.5. The predicted octanol–water partition coefficient (Wildman–Crippen LogP) is 16.8. The number of fused-ring (bicyclic) bond motifs is 3. The number of benzene rings is 8. The maximum atomic E-state index is 14.7. The molecule has 1 heterocycles. The van der Waals surface area contributed by atoms with Crippen LogP contribution in [0.15, 0.2) is 170 Å². The summed E-state index contributed by atoms with van der Waals surface area (Å²) in [5.41, 5.74) is 4.71. The number of aromatic nitrogens is 1. The van der Waals surface area contributed by atoms with Gasteiger partial charge in [-0.05, 0) is 142 Å². The van der Waals surface area contributed by atoms with E-state index in [1.165, 1.54) is 12.1 Å². The van der Waals surface area contributed by atoms with E-state index >= 15 is 0 Å². The highest BCUT2D eigenvalue weighted by atomic mass is 19.4. The first-order valence-corrected chi connectivity index (χ1v) is 19.9. The van der Waals surface area contributed by atoms with Crippen molar-refractivity contribution in [3.05, 3.63) is 198 Å². The van der Waals surface area contributed by atoms with Crippen LogP contribution < -0.4 is 0 Å². The largest absolute Gasteiger partial charge is 0.417 e. The van der Waals surface area contributed by atoms with Crippen LogP contribution in [0.2, 0.25) is 0 Å². The molecule has 0 aliphatic carbocycles. The summed E-state index contributed by atoms with van der Waals surface area (Å²) in [4.78, 5) is 0. The lowest BCUT2D eigenvalue weighted by atomic mass is 9.88. The molecule has 1 aromatic heterocycles. The molecule has 8 aromatic carbocycles. The average Bonchev–Trinajstić information content (AvgIpc) is 3.58. The Hall–Kier alpha value is -7.07. The summed E-state index contributed by atoms with van der Waals surface area (Å²) >= 11 is 0. The van der Waals surface area contributed by atoms with Gasteiger partial charge in [-0.15, -0.1) is 0 Å². The lowest BCUT2D eigenvalue weighted by Gasteiger charge is -2.20. The fourth-order valence-electron chi connectivity index (χ4n) is 8.54. The van der Waals surface area contributed by atoms with E-state index in [0.717, 1.165) is 35.9 Å². The Bertz CT molecular complexity index is 3090. The van der Waals surface area contributed by atoms with Crippen molar-refractivity contribution >= 4 is 21.8 Å². The first-order valence-electron chi connectivity index (χ1n) is 19.9. The summed E-state index contributed by atoms with van der Waals surface area (Å²) in [6.07, 6.45) is -13.9. The standard InChI is InChI=1S/C53H34F9N/c1-31-22-37(26-39(24-31)51(54,55)56)35-17-20-49-45(29-35)46-30-36(38-23-32(2)25-40(27-38)52(57,58)59)18-21-50(46)63(49)48-15-9-7-13-43(48)41-19-16-34(33-10-4-3-5-11-33)28-44(41)42-12-6-8-14-47(42)53(60,61)62/h3-30H,1-2H3. The number of aryl methyl sites for hydroxylation is 2. The SMILES string of the molecule is Cc1cc(-c2ccc3c(c2)c2cc(-c4cc(C)cc(C(F)(F)F)c4)ccc2n3-c2ccccc2-c2ccc(-c3ccccc3)cc2-c2ccccc2C(F)(F)F)cc(C(F)(F)F)c1. The summed E-state index contributed by atoms with van der Waals surface area (Å²) in [6.45, 7) is 3.16. The van der Waals surface area contributed by atoms with E-state index in [-0.39, 0.29) is 5.56 Å². The molecule has 0 aliphatic heterocycles. The predicted molar refractivity (Wildman–Crippen MR) is 232 cm³/mol. The summed E-state index contributed by atoms with van der Waals surface area (Å²) in [5, 5.41) is 1.19. The number of hydrogen-bond acceptors (Lipinski definition) is 0. The van der Waals surface area contributed by atoms with Crippen molar-refractivity contribution in [2.45, 2.75) is 32.4 Å². The van der Waals surface area contributed by atoms with Crippen molar-refractivity contribution in [2.75, 3.05) is 0 Å². The Kier molecular flexibility index (Phi) is 10.1. The Balaban J connectivity index is 1.32. The smallest absolute Gasteiger partial charge is 0.309 e. The maximum Gasteiger partial charge on any atom is 0.417 e. The molecule has 63 heavy (non-hydrogen) atoms. The molecule has 0 atom stereocenters. The van der Waals surface area contributed by atoms with Crippen molar-refractivity contribution in [3.8, 4) is 61.3 Å². The second kappa shape index (κ2) is 15.4. The fourth-order valence-corrected chi connectivity index (χ4v) is 8.54. The van der Waals surface area contributed by atoms with Crippen molar-refractivity contribution in [2.24, 2.45) is 0 Å². The molecule has 0 unspecified atom stereocenters. The van der Waals surface area contributed by atoms with Crippen LogP contribution in [0.25, 0.3) is 83.1 Å². The topological polar surface area (TPSA) is 4.93 Å². The van der Waals surface area contributed by atoms with Gasteiger partial charge in [-0.1, -0.05) is 103 Å². The van der Waals surface area contributed by atoms with Crippen molar-refractivity contribution < 1.29 is 39.5 Å². The Morgan fingerprint density at radius 3 is 1.35 bits per heavy atom. The molecule has 0 bridgehead atoms. The highest BCUT2D eigenvalue weighted by molar-refractivity contribution is 6.12. The molecule has 0 saturated heterocycles. The van der Waals surface area contributed by atoms with E-state index in [1.54, 1.807) is 92.7 Å². The van der Waals surface area contributed by atoms with Crippen LogP contribution in [0.5, 0.6) is 0 Å². The van der Waals surface area contributed by atoms with Gasteiger partial charge in [0.05, 0.1) is 33.4 Å². The quantitative estimate of drug-likeness (QED) is 0.147. The van der Waals surface area contributed by atoms with Crippen molar-refractivity contribution in [1.29, 1.82) is 0 Å². The van der Waals surface area contributed by atoms with Crippen molar-refractivity contribution in [1.82, 2.24) is 4.57 Å². The number of halogens is 9. The van der Waals surface area contributed by atoms with Gasteiger partial charge in [-0.2, -0.15) is 39.5 Å². The third-order valence-corrected chi connectivity index (χ3v) is 11.3. The zero-order chi connectivity index (χ0) is 44.4. The maximum absolute atomic E-state index is 14.7. The van der Waals surface area contributed by atoms with Gasteiger partial charge in [-0.25, -0.2) is 0 Å². The number of para-hydroxylation sites is 1.